The zero-order chi connectivity index (χ0) is 19.0. The third kappa shape index (κ3) is 7.26. The Hall–Kier alpha value is -1.88. The van der Waals surface area contributed by atoms with Gasteiger partial charge in [0.25, 0.3) is 11.8 Å². The van der Waals surface area contributed by atoms with Crippen LogP contribution in [0, 0.1) is 0 Å². The zero-order valence-corrected chi connectivity index (χ0v) is 16.6. The Morgan fingerprint density at radius 1 is 0.960 bits per heavy atom. The Kier molecular flexibility index (Phi) is 8.10. The smallest absolute Gasteiger partial charge is 0.279 e. The topological polar surface area (TPSA) is 62.6 Å². The van der Waals surface area contributed by atoms with Crippen molar-refractivity contribution >= 4 is 17.5 Å². The number of rotatable bonds is 8. The number of hydrogen-bond acceptors (Lipinski definition) is 2. The molecule has 140 valence electrons. The van der Waals surface area contributed by atoms with Crippen molar-refractivity contribution in [3.63, 3.8) is 0 Å². The standard InChI is InChI=1S/C20H33N3O2/c1-7-15-11-10-12-16(8-2)19(15)21-17(24)13-23(9-3)14-18(25)22-20(4,5)6/h10-12H,7-9,13-14H2,1-6H3,(H,21,24)(H,22,25)/p+1. The van der Waals surface area contributed by atoms with Gasteiger partial charge < -0.3 is 15.5 Å². The van der Waals surface area contributed by atoms with Crippen LogP contribution in [0.3, 0.4) is 0 Å². The molecule has 5 heteroatoms. The molecule has 0 spiro atoms. The molecule has 0 bridgehead atoms. The summed E-state index contributed by atoms with van der Waals surface area (Å²) >= 11 is 0. The summed E-state index contributed by atoms with van der Waals surface area (Å²) in [6, 6.07) is 6.14. The molecule has 5 nitrogen and oxygen atoms in total. The molecule has 0 aliphatic heterocycles. The van der Waals surface area contributed by atoms with E-state index < -0.39 is 0 Å². The molecule has 0 saturated carbocycles. The van der Waals surface area contributed by atoms with E-state index in [1.54, 1.807) is 0 Å². The Bertz CT molecular complexity index is 569. The van der Waals surface area contributed by atoms with Gasteiger partial charge in [0.2, 0.25) is 0 Å². The van der Waals surface area contributed by atoms with Crippen LogP contribution in [0.4, 0.5) is 5.69 Å². The monoisotopic (exact) mass is 348 g/mol. The third-order valence-corrected chi connectivity index (χ3v) is 4.10. The van der Waals surface area contributed by atoms with Crippen LogP contribution in [0.25, 0.3) is 0 Å². The number of aryl methyl sites for hydroxylation is 2. The van der Waals surface area contributed by atoms with Gasteiger partial charge in [-0.05, 0) is 51.7 Å². The van der Waals surface area contributed by atoms with E-state index in [2.05, 4.69) is 36.6 Å². The average molecular weight is 349 g/mol. The molecular weight excluding hydrogens is 314 g/mol. The number of amides is 2. The predicted molar refractivity (Wildman–Crippen MR) is 103 cm³/mol. The van der Waals surface area contributed by atoms with Gasteiger partial charge in [-0.15, -0.1) is 0 Å². The number of likely N-dealkylation sites (N-methyl/N-ethyl adjacent to an activating group) is 1. The average Bonchev–Trinajstić information content (AvgIpc) is 2.52. The molecular formula is C20H34N3O2+. The fourth-order valence-electron chi connectivity index (χ4n) is 2.82. The van der Waals surface area contributed by atoms with Crippen molar-refractivity contribution in [1.82, 2.24) is 5.32 Å². The van der Waals surface area contributed by atoms with Gasteiger partial charge in [-0.1, -0.05) is 32.0 Å². The minimum absolute atomic E-state index is 0.0274. The van der Waals surface area contributed by atoms with Crippen LogP contribution >= 0.6 is 0 Å². The van der Waals surface area contributed by atoms with E-state index in [-0.39, 0.29) is 23.9 Å². The minimum atomic E-state index is -0.256. The van der Waals surface area contributed by atoms with Crippen molar-refractivity contribution in [2.75, 3.05) is 25.0 Å². The van der Waals surface area contributed by atoms with Crippen LogP contribution in [0.1, 0.15) is 52.7 Å². The van der Waals surface area contributed by atoms with Crippen LogP contribution in [0.2, 0.25) is 0 Å². The first-order valence-electron chi connectivity index (χ1n) is 9.25. The molecule has 1 aromatic carbocycles. The van der Waals surface area contributed by atoms with Gasteiger partial charge in [0.15, 0.2) is 13.1 Å². The molecule has 1 aromatic rings. The minimum Gasteiger partial charge on any atom is -0.347 e. The van der Waals surface area contributed by atoms with Gasteiger partial charge in [-0.2, -0.15) is 0 Å². The van der Waals surface area contributed by atoms with Crippen molar-refractivity contribution in [3.8, 4) is 0 Å². The second-order valence-electron chi connectivity index (χ2n) is 7.46. The maximum atomic E-state index is 12.5. The van der Waals surface area contributed by atoms with E-state index >= 15 is 0 Å². The molecule has 1 unspecified atom stereocenters. The Morgan fingerprint density at radius 3 is 1.92 bits per heavy atom. The summed E-state index contributed by atoms with van der Waals surface area (Å²) in [7, 11) is 0. The largest absolute Gasteiger partial charge is 0.347 e. The number of para-hydroxylation sites is 1. The number of hydrogen-bond donors (Lipinski definition) is 3. The quantitative estimate of drug-likeness (QED) is 0.668. The van der Waals surface area contributed by atoms with E-state index in [1.807, 2.05) is 33.8 Å². The van der Waals surface area contributed by atoms with Crippen molar-refractivity contribution in [2.24, 2.45) is 0 Å². The van der Waals surface area contributed by atoms with Crippen LogP contribution in [-0.2, 0) is 22.4 Å². The molecule has 0 saturated heterocycles. The summed E-state index contributed by atoms with van der Waals surface area (Å²) in [5, 5.41) is 6.03. The molecule has 25 heavy (non-hydrogen) atoms. The lowest BCUT2D eigenvalue weighted by Crippen LogP contribution is -3.14. The predicted octanol–water partition coefficient (Wildman–Crippen LogP) is 1.57. The summed E-state index contributed by atoms with van der Waals surface area (Å²) in [5.74, 6) is -0.0728. The highest BCUT2D eigenvalue weighted by molar-refractivity contribution is 5.93. The van der Waals surface area contributed by atoms with E-state index in [4.69, 9.17) is 0 Å². The van der Waals surface area contributed by atoms with Crippen molar-refractivity contribution in [1.29, 1.82) is 0 Å². The second-order valence-corrected chi connectivity index (χ2v) is 7.46. The summed E-state index contributed by atoms with van der Waals surface area (Å²) < 4.78 is 0. The Balaban J connectivity index is 2.73. The van der Waals surface area contributed by atoms with Gasteiger partial charge in [-0.3, -0.25) is 9.59 Å². The fourth-order valence-corrected chi connectivity index (χ4v) is 2.82. The van der Waals surface area contributed by atoms with Crippen LogP contribution in [-0.4, -0.2) is 37.0 Å². The molecule has 0 aliphatic carbocycles. The van der Waals surface area contributed by atoms with Crippen LogP contribution in [0.5, 0.6) is 0 Å². The molecule has 0 radical (unpaired) electrons. The number of carbonyl (C=O) groups is 2. The normalized spacial score (nSPS) is 12.6. The lowest BCUT2D eigenvalue weighted by Gasteiger charge is -2.23. The first kappa shape index (κ1) is 21.2. The number of nitrogens with one attached hydrogen (secondary N) is 3. The molecule has 0 aliphatic rings. The summed E-state index contributed by atoms with van der Waals surface area (Å²) in [4.78, 5) is 25.6. The molecule has 1 atom stereocenters. The van der Waals surface area contributed by atoms with Gasteiger partial charge in [0.1, 0.15) is 0 Å². The number of carbonyl (C=O) groups excluding carboxylic acids is 2. The Morgan fingerprint density at radius 2 is 1.48 bits per heavy atom. The highest BCUT2D eigenvalue weighted by Crippen LogP contribution is 2.22. The lowest BCUT2D eigenvalue weighted by molar-refractivity contribution is -0.881. The molecule has 2 amide bonds. The highest BCUT2D eigenvalue weighted by Gasteiger charge is 2.21. The third-order valence-electron chi connectivity index (χ3n) is 4.10. The SMILES string of the molecule is CCc1cccc(CC)c1NC(=O)C[NH+](CC)CC(=O)NC(C)(C)C. The molecule has 1 rings (SSSR count). The van der Waals surface area contributed by atoms with E-state index in [1.165, 1.54) is 0 Å². The summed E-state index contributed by atoms with van der Waals surface area (Å²) in [6.45, 7) is 13.3. The van der Waals surface area contributed by atoms with E-state index in [0.717, 1.165) is 41.1 Å². The van der Waals surface area contributed by atoms with Crippen LogP contribution < -0.4 is 15.5 Å². The number of anilines is 1. The highest BCUT2D eigenvalue weighted by atomic mass is 16.2. The second kappa shape index (κ2) is 9.56. The van der Waals surface area contributed by atoms with Crippen molar-refractivity contribution in [2.45, 2.75) is 59.9 Å². The Labute approximate surface area is 152 Å². The van der Waals surface area contributed by atoms with Crippen molar-refractivity contribution in [3.05, 3.63) is 29.3 Å². The van der Waals surface area contributed by atoms with E-state index in [0.29, 0.717) is 6.54 Å². The van der Waals surface area contributed by atoms with Gasteiger partial charge in [-0.25, -0.2) is 0 Å². The maximum absolute atomic E-state index is 12.5. The molecule has 0 fully saturated rings. The molecule has 0 aromatic heterocycles. The van der Waals surface area contributed by atoms with Gasteiger partial charge >= 0.3 is 0 Å². The summed E-state index contributed by atoms with van der Waals surface area (Å²) in [6.07, 6.45) is 1.75. The van der Waals surface area contributed by atoms with Crippen molar-refractivity contribution < 1.29 is 14.5 Å². The lowest BCUT2D eigenvalue weighted by atomic mass is 10.0. The maximum Gasteiger partial charge on any atom is 0.279 e. The number of benzene rings is 1. The molecule has 0 heterocycles. The first-order chi connectivity index (χ1) is 11.7. The first-order valence-corrected chi connectivity index (χ1v) is 9.25. The van der Waals surface area contributed by atoms with E-state index in [9.17, 15) is 9.59 Å². The van der Waals surface area contributed by atoms with Gasteiger partial charge in [0, 0.05) is 11.2 Å². The molecule has 3 N–H and O–H groups in total. The van der Waals surface area contributed by atoms with Crippen LogP contribution in [0.15, 0.2) is 18.2 Å². The summed E-state index contributed by atoms with van der Waals surface area (Å²) in [5.41, 5.74) is 2.98. The zero-order valence-electron chi connectivity index (χ0n) is 16.6. The fraction of sp³-hybridized carbons (Fsp3) is 0.600. The van der Waals surface area contributed by atoms with Gasteiger partial charge in [0.05, 0.1) is 6.54 Å². The number of quaternary nitrogens is 1.